The molecule has 0 amide bonds. The summed E-state index contributed by atoms with van der Waals surface area (Å²) in [5, 5.41) is 4.26. The number of hydrogen-bond acceptors (Lipinski definition) is 4. The Morgan fingerprint density at radius 2 is 0.620 bits per heavy atom. The fourth-order valence-corrected chi connectivity index (χ4v) is 6.38. The van der Waals surface area contributed by atoms with Gasteiger partial charge in [-0.2, -0.15) is 0 Å². The van der Waals surface area contributed by atoms with Crippen LogP contribution in [0.15, 0.2) is 158 Å². The largest absolute Gasteiger partial charge is 0.246 e. The van der Waals surface area contributed by atoms with Crippen molar-refractivity contribution in [3.8, 4) is 22.5 Å². The number of nitrogens with zero attached hydrogens (tertiary/aromatic N) is 4. The molecule has 0 atom stereocenters. The first-order valence-electron chi connectivity index (χ1n) is 16.7. The van der Waals surface area contributed by atoms with E-state index in [1.54, 1.807) is 0 Å². The molecule has 4 heteroatoms. The Hall–Kier alpha value is -6.78. The van der Waals surface area contributed by atoms with E-state index in [1.807, 2.05) is 36.4 Å². The van der Waals surface area contributed by atoms with Gasteiger partial charge in [0.2, 0.25) is 0 Å². The first-order chi connectivity index (χ1) is 24.7. The standard InChI is InChI=1S/C46H30N4/c1-3-7-31(8-4-1)11-25-39-27-21-35-17-19-37-23-29-41(49-45(37)43(35)47-39)33-13-15-34(16-14-33)42-30-24-38-20-18-36-22-28-40(48-44(36)46(38)50-42)26-12-32-9-5-2-6-10-32/h1-30H/b25-11+,26-12+. The van der Waals surface area contributed by atoms with E-state index in [0.29, 0.717) is 0 Å². The average molecular weight is 639 g/mol. The molecule has 0 aliphatic rings. The SMILES string of the molecule is C(=C\c1ccc2ccc3ccc(-c4ccc(-c5ccc6ccc7ccc(/C=C/c8ccccc8)nc7c6n5)cc4)nc3c2n1)/c1ccccc1. The molecule has 0 aliphatic carbocycles. The summed E-state index contributed by atoms with van der Waals surface area (Å²) in [7, 11) is 0. The quantitative estimate of drug-likeness (QED) is 0.170. The molecule has 50 heavy (non-hydrogen) atoms. The van der Waals surface area contributed by atoms with Gasteiger partial charge in [0, 0.05) is 32.7 Å². The van der Waals surface area contributed by atoms with Crippen molar-refractivity contribution in [3.63, 3.8) is 0 Å². The minimum Gasteiger partial charge on any atom is -0.246 e. The average Bonchev–Trinajstić information content (AvgIpc) is 3.19. The van der Waals surface area contributed by atoms with E-state index in [9.17, 15) is 0 Å². The van der Waals surface area contributed by atoms with Gasteiger partial charge in [0.25, 0.3) is 0 Å². The summed E-state index contributed by atoms with van der Waals surface area (Å²) >= 11 is 0. The highest BCUT2D eigenvalue weighted by atomic mass is 14.8. The normalized spacial score (nSPS) is 11.8. The lowest BCUT2D eigenvalue weighted by Gasteiger charge is -2.09. The molecule has 4 nitrogen and oxygen atoms in total. The third kappa shape index (κ3) is 5.80. The van der Waals surface area contributed by atoms with Crippen LogP contribution < -0.4 is 0 Å². The number of aromatic nitrogens is 4. The highest BCUT2D eigenvalue weighted by molar-refractivity contribution is 6.05. The first-order valence-corrected chi connectivity index (χ1v) is 16.7. The van der Waals surface area contributed by atoms with E-state index >= 15 is 0 Å². The Bertz CT molecular complexity index is 2540. The van der Waals surface area contributed by atoms with E-state index in [4.69, 9.17) is 19.9 Å². The molecule has 0 bridgehead atoms. The smallest absolute Gasteiger partial charge is 0.0972 e. The van der Waals surface area contributed by atoms with Gasteiger partial charge >= 0.3 is 0 Å². The molecule has 0 saturated carbocycles. The molecule has 0 aliphatic heterocycles. The predicted molar refractivity (Wildman–Crippen MR) is 209 cm³/mol. The Balaban J connectivity index is 1.04. The second kappa shape index (κ2) is 12.7. The van der Waals surface area contributed by atoms with Gasteiger partial charge in [-0.1, -0.05) is 146 Å². The third-order valence-electron chi connectivity index (χ3n) is 9.05. The molecule has 0 spiro atoms. The second-order valence-electron chi connectivity index (χ2n) is 12.3. The van der Waals surface area contributed by atoms with Crippen molar-refractivity contribution in [2.45, 2.75) is 0 Å². The van der Waals surface area contributed by atoms with Crippen molar-refractivity contribution in [1.82, 2.24) is 19.9 Å². The van der Waals surface area contributed by atoms with Crippen molar-refractivity contribution < 1.29 is 0 Å². The number of fused-ring (bicyclic) bond motifs is 6. The third-order valence-corrected chi connectivity index (χ3v) is 9.05. The van der Waals surface area contributed by atoms with Gasteiger partial charge in [-0.15, -0.1) is 0 Å². The van der Waals surface area contributed by atoms with Crippen LogP contribution in [0.2, 0.25) is 0 Å². The van der Waals surface area contributed by atoms with Crippen molar-refractivity contribution in [2.24, 2.45) is 0 Å². The van der Waals surface area contributed by atoms with Gasteiger partial charge in [-0.05, 0) is 47.5 Å². The summed E-state index contributed by atoms with van der Waals surface area (Å²) in [6.07, 6.45) is 8.28. The van der Waals surface area contributed by atoms with Crippen LogP contribution in [0.25, 0.3) is 90.4 Å². The van der Waals surface area contributed by atoms with Crippen LogP contribution >= 0.6 is 0 Å². The molecule has 0 saturated heterocycles. The van der Waals surface area contributed by atoms with E-state index in [0.717, 1.165) is 88.6 Å². The molecular weight excluding hydrogens is 609 g/mol. The van der Waals surface area contributed by atoms with Crippen LogP contribution in [-0.2, 0) is 0 Å². The number of rotatable bonds is 6. The van der Waals surface area contributed by atoms with E-state index in [2.05, 4.69) is 146 Å². The maximum atomic E-state index is 5.14. The Labute approximate surface area is 289 Å². The molecule has 234 valence electrons. The lowest BCUT2D eigenvalue weighted by molar-refractivity contribution is 1.34. The summed E-state index contributed by atoms with van der Waals surface area (Å²) in [6.45, 7) is 0. The Morgan fingerprint density at radius 3 is 1.02 bits per heavy atom. The van der Waals surface area contributed by atoms with E-state index in [1.165, 1.54) is 0 Å². The van der Waals surface area contributed by atoms with E-state index < -0.39 is 0 Å². The molecule has 9 rings (SSSR count). The summed E-state index contributed by atoms with van der Waals surface area (Å²) in [5.41, 5.74) is 11.6. The van der Waals surface area contributed by atoms with Gasteiger partial charge < -0.3 is 0 Å². The number of pyridine rings is 4. The van der Waals surface area contributed by atoms with Crippen LogP contribution in [0.1, 0.15) is 22.5 Å². The zero-order chi connectivity index (χ0) is 33.3. The van der Waals surface area contributed by atoms with Crippen molar-refractivity contribution in [2.75, 3.05) is 0 Å². The molecule has 4 heterocycles. The number of hydrogen-bond donors (Lipinski definition) is 0. The maximum Gasteiger partial charge on any atom is 0.0972 e. The second-order valence-corrected chi connectivity index (χ2v) is 12.3. The van der Waals surface area contributed by atoms with Crippen LogP contribution in [-0.4, -0.2) is 19.9 Å². The molecule has 0 fully saturated rings. The monoisotopic (exact) mass is 638 g/mol. The highest BCUT2D eigenvalue weighted by Crippen LogP contribution is 2.30. The lowest BCUT2D eigenvalue weighted by Crippen LogP contribution is -1.92. The Morgan fingerprint density at radius 1 is 0.280 bits per heavy atom. The molecule has 0 radical (unpaired) electrons. The summed E-state index contributed by atoms with van der Waals surface area (Å²) < 4.78 is 0. The highest BCUT2D eigenvalue weighted by Gasteiger charge is 2.10. The van der Waals surface area contributed by atoms with Crippen molar-refractivity contribution in [3.05, 3.63) is 180 Å². The zero-order valence-electron chi connectivity index (χ0n) is 27.1. The molecular formula is C46H30N4. The fourth-order valence-electron chi connectivity index (χ4n) is 6.38. The lowest BCUT2D eigenvalue weighted by atomic mass is 10.0. The molecule has 0 unspecified atom stereocenters. The van der Waals surface area contributed by atoms with Crippen molar-refractivity contribution >= 4 is 67.9 Å². The van der Waals surface area contributed by atoms with Gasteiger partial charge in [-0.25, -0.2) is 19.9 Å². The first kappa shape index (κ1) is 29.4. The van der Waals surface area contributed by atoms with Gasteiger partial charge in [0.05, 0.1) is 44.8 Å². The van der Waals surface area contributed by atoms with Gasteiger partial charge in [-0.3, -0.25) is 0 Å². The van der Waals surface area contributed by atoms with Crippen molar-refractivity contribution in [1.29, 1.82) is 0 Å². The summed E-state index contributed by atoms with van der Waals surface area (Å²) in [5.74, 6) is 0. The minimum atomic E-state index is 0.896. The topological polar surface area (TPSA) is 51.6 Å². The predicted octanol–water partition coefficient (Wildman–Crippen LogP) is 11.6. The minimum absolute atomic E-state index is 0.896. The number of benzene rings is 5. The summed E-state index contributed by atoms with van der Waals surface area (Å²) in [4.78, 5) is 20.3. The molecule has 0 N–H and O–H groups in total. The molecule has 4 aromatic heterocycles. The van der Waals surface area contributed by atoms with Gasteiger partial charge in [0.1, 0.15) is 0 Å². The van der Waals surface area contributed by atoms with Crippen LogP contribution in [0.5, 0.6) is 0 Å². The van der Waals surface area contributed by atoms with Gasteiger partial charge in [0.15, 0.2) is 0 Å². The van der Waals surface area contributed by atoms with E-state index in [-0.39, 0.29) is 0 Å². The zero-order valence-corrected chi connectivity index (χ0v) is 27.1. The Kier molecular flexibility index (Phi) is 7.45. The van der Waals surface area contributed by atoms with Crippen LogP contribution in [0, 0.1) is 0 Å². The molecule has 5 aromatic carbocycles. The van der Waals surface area contributed by atoms with Crippen LogP contribution in [0.4, 0.5) is 0 Å². The summed E-state index contributed by atoms with van der Waals surface area (Å²) in [6, 6.07) is 54.3. The molecule has 9 aromatic rings. The van der Waals surface area contributed by atoms with Crippen LogP contribution in [0.3, 0.4) is 0 Å². The fraction of sp³-hybridized carbons (Fsp3) is 0. The maximum absolute atomic E-state index is 5.14.